The summed E-state index contributed by atoms with van der Waals surface area (Å²) < 4.78 is 30.4. The van der Waals surface area contributed by atoms with Gasteiger partial charge in [-0.2, -0.15) is 0 Å². The van der Waals surface area contributed by atoms with Crippen LogP contribution >= 0.6 is 0 Å². The van der Waals surface area contributed by atoms with Crippen molar-refractivity contribution in [2.45, 2.75) is 26.7 Å². The normalized spacial score (nSPS) is 14.6. The SMILES string of the molecule is CCC(C)CCNCS(=O)(=O)[O-]. The first-order valence-electron chi connectivity index (χ1n) is 4.10. The first kappa shape index (κ1) is 11.9. The molecule has 0 saturated carbocycles. The molecule has 0 bridgehead atoms. The first-order chi connectivity index (χ1) is 5.45. The van der Waals surface area contributed by atoms with Crippen molar-refractivity contribution in [3.05, 3.63) is 0 Å². The van der Waals surface area contributed by atoms with Crippen LogP contribution in [-0.2, 0) is 10.1 Å². The molecule has 0 radical (unpaired) electrons. The predicted molar refractivity (Wildman–Crippen MR) is 46.6 cm³/mol. The van der Waals surface area contributed by atoms with Gasteiger partial charge in [0.25, 0.3) is 0 Å². The van der Waals surface area contributed by atoms with E-state index in [1.165, 1.54) is 0 Å². The van der Waals surface area contributed by atoms with Crippen LogP contribution in [0.2, 0.25) is 0 Å². The summed E-state index contributed by atoms with van der Waals surface area (Å²) in [6.07, 6.45) is 1.98. The summed E-state index contributed by atoms with van der Waals surface area (Å²) in [4.78, 5) is 0. The molecule has 12 heavy (non-hydrogen) atoms. The van der Waals surface area contributed by atoms with Crippen LogP contribution in [0, 0.1) is 5.92 Å². The van der Waals surface area contributed by atoms with Crippen LogP contribution in [0.25, 0.3) is 0 Å². The molecular formula is C7H16NO3S-. The smallest absolute Gasteiger partial charge is 0.108 e. The van der Waals surface area contributed by atoms with Crippen LogP contribution in [0.1, 0.15) is 26.7 Å². The molecule has 0 spiro atoms. The minimum Gasteiger partial charge on any atom is -0.747 e. The van der Waals surface area contributed by atoms with E-state index in [1.807, 2.05) is 0 Å². The van der Waals surface area contributed by atoms with E-state index in [1.54, 1.807) is 0 Å². The Bertz CT molecular complexity index is 201. The van der Waals surface area contributed by atoms with Crippen LogP contribution in [0.15, 0.2) is 0 Å². The lowest BCUT2D eigenvalue weighted by molar-refractivity contribution is 0.449. The van der Waals surface area contributed by atoms with Crippen molar-refractivity contribution >= 4 is 10.1 Å². The van der Waals surface area contributed by atoms with E-state index in [-0.39, 0.29) is 0 Å². The van der Waals surface area contributed by atoms with Gasteiger partial charge < -0.3 is 9.87 Å². The molecule has 0 amide bonds. The zero-order valence-electron chi connectivity index (χ0n) is 7.54. The molecule has 0 rings (SSSR count). The lowest BCUT2D eigenvalue weighted by Crippen LogP contribution is -2.24. The Morgan fingerprint density at radius 2 is 2.08 bits per heavy atom. The lowest BCUT2D eigenvalue weighted by atomic mass is 10.1. The fraction of sp³-hybridized carbons (Fsp3) is 1.00. The van der Waals surface area contributed by atoms with Gasteiger partial charge in [0.15, 0.2) is 0 Å². The highest BCUT2D eigenvalue weighted by Gasteiger charge is 1.98. The van der Waals surface area contributed by atoms with Gasteiger partial charge in [0, 0.05) is 0 Å². The van der Waals surface area contributed by atoms with E-state index in [2.05, 4.69) is 19.2 Å². The minimum atomic E-state index is -4.09. The lowest BCUT2D eigenvalue weighted by Gasteiger charge is -2.10. The Balaban J connectivity index is 3.34. The topological polar surface area (TPSA) is 69.2 Å². The van der Waals surface area contributed by atoms with E-state index < -0.39 is 16.0 Å². The summed E-state index contributed by atoms with van der Waals surface area (Å²) in [5.41, 5.74) is 0. The predicted octanol–water partition coefficient (Wildman–Crippen LogP) is 0.515. The van der Waals surface area contributed by atoms with Crippen molar-refractivity contribution in [3.8, 4) is 0 Å². The molecule has 0 aromatic carbocycles. The van der Waals surface area contributed by atoms with Crippen molar-refractivity contribution < 1.29 is 13.0 Å². The quantitative estimate of drug-likeness (QED) is 0.494. The Labute approximate surface area is 74.1 Å². The molecule has 0 aliphatic heterocycles. The molecule has 5 heteroatoms. The van der Waals surface area contributed by atoms with Crippen LogP contribution in [0.3, 0.4) is 0 Å². The molecule has 4 nitrogen and oxygen atoms in total. The third-order valence-corrected chi connectivity index (χ3v) is 2.35. The molecule has 1 atom stereocenters. The van der Waals surface area contributed by atoms with Crippen molar-refractivity contribution in [2.24, 2.45) is 5.92 Å². The molecule has 1 unspecified atom stereocenters. The summed E-state index contributed by atoms with van der Waals surface area (Å²) in [5, 5.41) is 2.59. The van der Waals surface area contributed by atoms with Gasteiger partial charge in [0.1, 0.15) is 10.1 Å². The maximum Gasteiger partial charge on any atom is 0.108 e. The Kier molecular flexibility index (Phi) is 5.44. The van der Waals surface area contributed by atoms with Crippen LogP contribution in [-0.4, -0.2) is 25.4 Å². The molecule has 0 saturated heterocycles. The summed E-state index contributed by atoms with van der Waals surface area (Å²) >= 11 is 0. The van der Waals surface area contributed by atoms with Gasteiger partial charge in [-0.3, -0.25) is 0 Å². The van der Waals surface area contributed by atoms with Gasteiger partial charge in [-0.25, -0.2) is 8.42 Å². The van der Waals surface area contributed by atoms with E-state index in [4.69, 9.17) is 0 Å². The molecule has 0 aromatic rings. The largest absolute Gasteiger partial charge is 0.747 e. The number of rotatable bonds is 6. The molecule has 0 aliphatic rings. The third-order valence-electron chi connectivity index (χ3n) is 1.79. The molecule has 0 heterocycles. The Morgan fingerprint density at radius 1 is 1.50 bits per heavy atom. The fourth-order valence-corrected chi connectivity index (χ4v) is 1.14. The van der Waals surface area contributed by atoms with Gasteiger partial charge in [0.05, 0.1) is 5.88 Å². The average Bonchev–Trinajstić information content (AvgIpc) is 1.96. The molecule has 1 N–H and O–H groups in total. The van der Waals surface area contributed by atoms with Crippen molar-refractivity contribution in [1.82, 2.24) is 5.32 Å². The molecule has 0 fully saturated rings. The van der Waals surface area contributed by atoms with Gasteiger partial charge in [-0.1, -0.05) is 20.3 Å². The van der Waals surface area contributed by atoms with Gasteiger partial charge in [-0.15, -0.1) is 0 Å². The zero-order valence-corrected chi connectivity index (χ0v) is 8.36. The maximum atomic E-state index is 10.1. The van der Waals surface area contributed by atoms with Crippen LogP contribution in [0.4, 0.5) is 0 Å². The molecular weight excluding hydrogens is 178 g/mol. The van der Waals surface area contributed by atoms with E-state index >= 15 is 0 Å². The van der Waals surface area contributed by atoms with Crippen molar-refractivity contribution in [3.63, 3.8) is 0 Å². The standard InChI is InChI=1S/C7H17NO3S/c1-3-7(2)4-5-8-6-12(9,10)11/h7-8H,3-6H2,1-2H3,(H,9,10,11)/p-1. The summed E-state index contributed by atoms with van der Waals surface area (Å²) in [5.74, 6) is 0.121. The third kappa shape index (κ3) is 7.97. The van der Waals surface area contributed by atoms with Gasteiger partial charge in [0.2, 0.25) is 0 Å². The second-order valence-corrected chi connectivity index (χ2v) is 4.41. The second-order valence-electron chi connectivity index (χ2n) is 3.00. The highest BCUT2D eigenvalue weighted by Crippen LogP contribution is 2.03. The Hall–Kier alpha value is -0.130. The maximum absolute atomic E-state index is 10.1. The van der Waals surface area contributed by atoms with Crippen molar-refractivity contribution in [1.29, 1.82) is 0 Å². The fourth-order valence-electron chi connectivity index (χ4n) is 0.750. The van der Waals surface area contributed by atoms with Gasteiger partial charge >= 0.3 is 0 Å². The first-order valence-corrected chi connectivity index (χ1v) is 5.67. The number of hydrogen-bond acceptors (Lipinski definition) is 4. The number of nitrogens with one attached hydrogen (secondary N) is 1. The second kappa shape index (κ2) is 5.50. The van der Waals surface area contributed by atoms with Crippen molar-refractivity contribution in [2.75, 3.05) is 12.4 Å². The Morgan fingerprint density at radius 3 is 2.50 bits per heavy atom. The average molecular weight is 194 g/mol. The zero-order chi connectivity index (χ0) is 9.61. The number of hydrogen-bond donors (Lipinski definition) is 1. The minimum absolute atomic E-state index is 0.455. The molecule has 0 aliphatic carbocycles. The summed E-state index contributed by atoms with van der Waals surface area (Å²) in [6.45, 7) is 4.76. The monoisotopic (exact) mass is 194 g/mol. The van der Waals surface area contributed by atoms with Crippen LogP contribution < -0.4 is 5.32 Å². The van der Waals surface area contributed by atoms with E-state index in [0.29, 0.717) is 12.5 Å². The summed E-state index contributed by atoms with van der Waals surface area (Å²) in [6, 6.07) is 0. The highest BCUT2D eigenvalue weighted by atomic mass is 32.2. The van der Waals surface area contributed by atoms with Gasteiger partial charge in [-0.05, 0) is 18.9 Å². The summed E-state index contributed by atoms with van der Waals surface area (Å²) in [7, 11) is -4.09. The highest BCUT2D eigenvalue weighted by molar-refractivity contribution is 7.85. The van der Waals surface area contributed by atoms with E-state index in [0.717, 1.165) is 12.8 Å². The molecule has 74 valence electrons. The van der Waals surface area contributed by atoms with E-state index in [9.17, 15) is 13.0 Å². The molecule has 0 aromatic heterocycles. The van der Waals surface area contributed by atoms with Crippen LogP contribution in [0.5, 0.6) is 0 Å².